The summed E-state index contributed by atoms with van der Waals surface area (Å²) in [4.78, 5) is 27.6. The Morgan fingerprint density at radius 2 is 2.13 bits per heavy atom. The molecule has 6 nitrogen and oxygen atoms in total. The van der Waals surface area contributed by atoms with Crippen LogP contribution in [0, 0.1) is 10.1 Å². The molecular formula is C14H8ClN3O3S2. The van der Waals surface area contributed by atoms with Crippen LogP contribution in [0.4, 0.5) is 11.4 Å². The zero-order valence-corrected chi connectivity index (χ0v) is 13.7. The number of carbonyl (C=O) groups excluding carboxylic acids is 1. The number of rotatable bonds is 4. The third-order valence-electron chi connectivity index (χ3n) is 2.84. The maximum atomic E-state index is 12.2. The van der Waals surface area contributed by atoms with Gasteiger partial charge >= 0.3 is 0 Å². The van der Waals surface area contributed by atoms with E-state index in [-0.39, 0.29) is 11.4 Å². The minimum atomic E-state index is -0.517. The number of thiazole rings is 1. The molecule has 0 saturated heterocycles. The molecule has 9 heteroatoms. The molecule has 0 radical (unpaired) electrons. The fraction of sp³-hybridized carbons (Fsp3) is 0. The molecule has 2 aromatic heterocycles. The van der Waals surface area contributed by atoms with E-state index in [1.54, 1.807) is 17.5 Å². The van der Waals surface area contributed by atoms with Crippen molar-refractivity contribution in [3.8, 4) is 9.88 Å². The summed E-state index contributed by atoms with van der Waals surface area (Å²) < 4.78 is 0.651. The summed E-state index contributed by atoms with van der Waals surface area (Å²) >= 11 is 8.60. The molecule has 0 aliphatic carbocycles. The zero-order valence-electron chi connectivity index (χ0n) is 11.4. The number of nitrogens with zero attached hydrogens (tertiary/aromatic N) is 2. The van der Waals surface area contributed by atoms with Gasteiger partial charge in [0.2, 0.25) is 0 Å². The Hall–Kier alpha value is -2.29. The number of thiophene rings is 1. The summed E-state index contributed by atoms with van der Waals surface area (Å²) in [5.41, 5.74) is 0.508. The third-order valence-corrected chi connectivity index (χ3v) is 5.08. The Kier molecular flexibility index (Phi) is 4.37. The smallest absolute Gasteiger partial charge is 0.275 e. The quantitative estimate of drug-likeness (QED) is 0.537. The molecule has 116 valence electrons. The van der Waals surface area contributed by atoms with Gasteiger partial charge in [0, 0.05) is 23.2 Å². The Balaban J connectivity index is 1.77. The van der Waals surface area contributed by atoms with Crippen LogP contribution in [-0.2, 0) is 0 Å². The summed E-state index contributed by atoms with van der Waals surface area (Å²) in [5.74, 6) is -0.421. The lowest BCUT2D eigenvalue weighted by Crippen LogP contribution is -2.12. The summed E-state index contributed by atoms with van der Waals surface area (Å²) in [7, 11) is 0. The second-order valence-electron chi connectivity index (χ2n) is 4.40. The number of nitrogens with one attached hydrogen (secondary N) is 1. The molecule has 1 N–H and O–H groups in total. The molecule has 0 spiro atoms. The van der Waals surface area contributed by atoms with Crippen LogP contribution >= 0.6 is 34.3 Å². The van der Waals surface area contributed by atoms with Gasteiger partial charge in [-0.25, -0.2) is 4.98 Å². The van der Waals surface area contributed by atoms with E-state index in [2.05, 4.69) is 10.3 Å². The van der Waals surface area contributed by atoms with E-state index in [9.17, 15) is 14.9 Å². The highest BCUT2D eigenvalue weighted by Crippen LogP contribution is 2.33. The highest BCUT2D eigenvalue weighted by atomic mass is 35.5. The Morgan fingerprint density at radius 3 is 2.83 bits per heavy atom. The Labute approximate surface area is 143 Å². The van der Waals surface area contributed by atoms with Crippen molar-refractivity contribution in [3.63, 3.8) is 0 Å². The summed E-state index contributed by atoms with van der Waals surface area (Å²) in [6.07, 6.45) is 0. The van der Waals surface area contributed by atoms with Gasteiger partial charge in [-0.2, -0.15) is 0 Å². The van der Waals surface area contributed by atoms with Gasteiger partial charge in [0.15, 0.2) is 0 Å². The third kappa shape index (κ3) is 3.55. The van der Waals surface area contributed by atoms with Crippen molar-refractivity contribution in [3.05, 3.63) is 61.9 Å². The molecule has 23 heavy (non-hydrogen) atoms. The van der Waals surface area contributed by atoms with Gasteiger partial charge in [-0.05, 0) is 18.2 Å². The molecule has 0 aliphatic rings. The van der Waals surface area contributed by atoms with Crippen LogP contribution in [-0.4, -0.2) is 15.8 Å². The maximum absolute atomic E-state index is 12.2. The monoisotopic (exact) mass is 365 g/mol. The van der Waals surface area contributed by atoms with Crippen LogP contribution in [0.3, 0.4) is 0 Å². The number of hydrogen-bond donors (Lipinski definition) is 1. The van der Waals surface area contributed by atoms with Gasteiger partial charge < -0.3 is 5.32 Å². The van der Waals surface area contributed by atoms with Crippen LogP contribution in [0.15, 0.2) is 41.8 Å². The second kappa shape index (κ2) is 6.45. The highest BCUT2D eigenvalue weighted by Gasteiger charge is 2.14. The lowest BCUT2D eigenvalue weighted by Gasteiger charge is -2.02. The van der Waals surface area contributed by atoms with E-state index in [4.69, 9.17) is 11.6 Å². The molecule has 1 amide bonds. The SMILES string of the molecule is O=C(Nc1cccc([N+](=O)[O-])c1)c1csc(-c2ccc(Cl)s2)n1. The van der Waals surface area contributed by atoms with Crippen molar-refractivity contribution in [1.29, 1.82) is 0 Å². The van der Waals surface area contributed by atoms with Crippen molar-refractivity contribution in [2.24, 2.45) is 0 Å². The first kappa shape index (κ1) is 15.6. The number of aromatic nitrogens is 1. The summed E-state index contributed by atoms with van der Waals surface area (Å²) in [6.45, 7) is 0. The van der Waals surface area contributed by atoms with Crippen LogP contribution in [0.1, 0.15) is 10.5 Å². The number of carbonyl (C=O) groups is 1. The molecule has 2 heterocycles. The Bertz CT molecular complexity index is 891. The number of nitro benzene ring substituents is 1. The Morgan fingerprint density at radius 1 is 1.30 bits per heavy atom. The molecule has 0 atom stereocenters. The molecule has 0 unspecified atom stereocenters. The van der Waals surface area contributed by atoms with Crippen LogP contribution in [0.5, 0.6) is 0 Å². The molecule has 0 fully saturated rings. The molecule has 0 saturated carbocycles. The van der Waals surface area contributed by atoms with Crippen LogP contribution in [0.25, 0.3) is 9.88 Å². The van der Waals surface area contributed by atoms with E-state index in [1.165, 1.54) is 40.9 Å². The van der Waals surface area contributed by atoms with Gasteiger partial charge in [0.1, 0.15) is 10.7 Å². The van der Waals surface area contributed by atoms with E-state index >= 15 is 0 Å². The van der Waals surface area contributed by atoms with Crippen molar-refractivity contribution in [1.82, 2.24) is 4.98 Å². The normalized spacial score (nSPS) is 10.5. The number of amides is 1. The fourth-order valence-corrected chi connectivity index (χ4v) is 3.73. The zero-order chi connectivity index (χ0) is 16.4. The van der Waals surface area contributed by atoms with Gasteiger partial charge in [0.05, 0.1) is 14.1 Å². The molecule has 3 aromatic rings. The average Bonchev–Trinajstić information content (AvgIpc) is 3.16. The summed E-state index contributed by atoms with van der Waals surface area (Å²) in [6, 6.07) is 9.35. The van der Waals surface area contributed by atoms with Crippen molar-refractivity contribution in [2.45, 2.75) is 0 Å². The lowest BCUT2D eigenvalue weighted by molar-refractivity contribution is -0.384. The van der Waals surface area contributed by atoms with Gasteiger partial charge in [-0.1, -0.05) is 17.7 Å². The number of hydrogen-bond acceptors (Lipinski definition) is 6. The minimum Gasteiger partial charge on any atom is -0.320 e. The molecular weight excluding hydrogens is 358 g/mol. The van der Waals surface area contributed by atoms with Gasteiger partial charge in [0.25, 0.3) is 11.6 Å². The van der Waals surface area contributed by atoms with E-state index in [1.807, 2.05) is 6.07 Å². The van der Waals surface area contributed by atoms with Gasteiger partial charge in [-0.3, -0.25) is 14.9 Å². The van der Waals surface area contributed by atoms with Crippen molar-refractivity contribution < 1.29 is 9.72 Å². The highest BCUT2D eigenvalue weighted by molar-refractivity contribution is 7.23. The molecule has 3 rings (SSSR count). The standard InChI is InChI=1S/C14H8ClN3O3S2/c15-12-5-4-11(23-12)14-17-10(7-22-14)13(19)16-8-2-1-3-9(6-8)18(20)21/h1-7H,(H,16,19). The molecule has 0 bridgehead atoms. The average molecular weight is 366 g/mol. The van der Waals surface area contributed by atoms with Crippen molar-refractivity contribution in [2.75, 3.05) is 5.32 Å². The lowest BCUT2D eigenvalue weighted by atomic mass is 10.2. The first-order valence-electron chi connectivity index (χ1n) is 6.30. The molecule has 1 aromatic carbocycles. The van der Waals surface area contributed by atoms with Gasteiger partial charge in [-0.15, -0.1) is 22.7 Å². The van der Waals surface area contributed by atoms with Crippen LogP contribution < -0.4 is 5.32 Å². The topological polar surface area (TPSA) is 85.1 Å². The predicted octanol–water partition coefficient (Wildman–Crippen LogP) is 4.69. The number of benzene rings is 1. The first-order valence-corrected chi connectivity index (χ1v) is 8.37. The molecule has 0 aliphatic heterocycles. The predicted molar refractivity (Wildman–Crippen MR) is 91.5 cm³/mol. The minimum absolute atomic E-state index is 0.0880. The van der Waals surface area contributed by atoms with E-state index in [0.29, 0.717) is 15.0 Å². The number of non-ortho nitro benzene ring substituents is 1. The van der Waals surface area contributed by atoms with Crippen LogP contribution in [0.2, 0.25) is 4.34 Å². The number of nitro groups is 1. The summed E-state index contributed by atoms with van der Waals surface area (Å²) in [5, 5.41) is 15.7. The maximum Gasteiger partial charge on any atom is 0.275 e. The second-order valence-corrected chi connectivity index (χ2v) is 6.98. The fourth-order valence-electron chi connectivity index (χ4n) is 1.81. The first-order chi connectivity index (χ1) is 11.0. The van der Waals surface area contributed by atoms with Crippen molar-refractivity contribution >= 4 is 51.6 Å². The largest absolute Gasteiger partial charge is 0.320 e. The number of anilines is 1. The number of halogens is 1. The van der Waals surface area contributed by atoms with E-state index < -0.39 is 10.8 Å². The van der Waals surface area contributed by atoms with E-state index in [0.717, 1.165) is 4.88 Å².